The van der Waals surface area contributed by atoms with Crippen LogP contribution in [0.15, 0.2) is 0 Å². The molecule has 5 heteroatoms. The molecule has 0 aromatic carbocycles. The Morgan fingerprint density at radius 3 is 2.11 bits per heavy atom. The molecule has 0 bridgehead atoms. The van der Waals surface area contributed by atoms with Gasteiger partial charge in [-0.3, -0.25) is 9.59 Å². The summed E-state index contributed by atoms with van der Waals surface area (Å²) in [5.41, 5.74) is -1.33. The number of ether oxygens (including phenoxy) is 3. The lowest BCUT2D eigenvalue weighted by Gasteiger charge is -2.34. The molecule has 2 atom stereocenters. The molecule has 1 heterocycles. The van der Waals surface area contributed by atoms with Gasteiger partial charge in [0.1, 0.15) is 0 Å². The van der Waals surface area contributed by atoms with Gasteiger partial charge in [-0.2, -0.15) is 0 Å². The molecule has 0 spiro atoms. The topological polar surface area (TPSA) is 61.8 Å². The zero-order chi connectivity index (χ0) is 13.9. The fraction of sp³-hybridized carbons (Fsp3) is 0.846. The maximum atomic E-state index is 12.2. The molecule has 1 saturated heterocycles. The molecular weight excluding hydrogens is 236 g/mol. The molecule has 0 aromatic heterocycles. The van der Waals surface area contributed by atoms with Crippen LogP contribution in [0.3, 0.4) is 0 Å². The number of carbonyl (C=O) groups is 2. The summed E-state index contributed by atoms with van der Waals surface area (Å²) in [6, 6.07) is 0. The Balaban J connectivity index is 3.32. The number of hydrogen-bond donors (Lipinski definition) is 0. The summed E-state index contributed by atoms with van der Waals surface area (Å²) in [4.78, 5) is 24.4. The third-order valence-corrected chi connectivity index (χ3v) is 3.71. The van der Waals surface area contributed by atoms with E-state index in [1.165, 1.54) is 14.2 Å². The molecule has 0 N–H and O–H groups in total. The quantitative estimate of drug-likeness (QED) is 0.563. The van der Waals surface area contributed by atoms with Crippen LogP contribution in [0.25, 0.3) is 0 Å². The van der Waals surface area contributed by atoms with Crippen molar-refractivity contribution in [3.8, 4) is 0 Å². The Kier molecular flexibility index (Phi) is 4.73. The van der Waals surface area contributed by atoms with Gasteiger partial charge in [0.2, 0.25) is 0 Å². The van der Waals surface area contributed by atoms with Crippen LogP contribution in [0.2, 0.25) is 0 Å². The molecule has 5 nitrogen and oxygen atoms in total. The average Bonchev–Trinajstić information content (AvgIpc) is 2.76. The first-order valence-corrected chi connectivity index (χ1v) is 6.25. The van der Waals surface area contributed by atoms with E-state index in [0.717, 1.165) is 0 Å². The van der Waals surface area contributed by atoms with Gasteiger partial charge in [0.05, 0.1) is 26.9 Å². The zero-order valence-electron chi connectivity index (χ0n) is 11.7. The highest BCUT2D eigenvalue weighted by Gasteiger charge is 2.64. The van der Waals surface area contributed by atoms with Crippen LogP contribution in [-0.4, -0.2) is 38.9 Å². The molecule has 1 aliphatic rings. The summed E-state index contributed by atoms with van der Waals surface area (Å²) in [5.74, 6) is -1.29. The lowest BCUT2D eigenvalue weighted by atomic mass is 9.69. The minimum atomic E-state index is -1.33. The van der Waals surface area contributed by atoms with Gasteiger partial charge in [0, 0.05) is 5.92 Å². The third kappa shape index (κ3) is 2.00. The Morgan fingerprint density at radius 1 is 1.28 bits per heavy atom. The molecule has 1 aliphatic heterocycles. The fourth-order valence-electron chi connectivity index (χ4n) is 2.86. The minimum absolute atomic E-state index is 0.0275. The largest absolute Gasteiger partial charge is 0.468 e. The summed E-state index contributed by atoms with van der Waals surface area (Å²) < 4.78 is 15.4. The molecule has 0 aromatic rings. The lowest BCUT2D eigenvalue weighted by molar-refractivity contribution is -0.178. The highest BCUT2D eigenvalue weighted by molar-refractivity contribution is 6.01. The number of rotatable bonds is 4. The van der Waals surface area contributed by atoms with Gasteiger partial charge in [-0.05, 0) is 12.3 Å². The van der Waals surface area contributed by atoms with Crippen LogP contribution in [0.5, 0.6) is 0 Å². The standard InChI is InChI=1S/C13H22O5/c1-6-9-7-18-10(8(2)3)13(9,11(14)16-4)12(15)17-5/h8-10H,6-7H2,1-5H3/t9-,10+/m1/s1. The average molecular weight is 258 g/mol. The Hall–Kier alpha value is -1.10. The molecule has 1 fully saturated rings. The Labute approximate surface area is 108 Å². The van der Waals surface area contributed by atoms with Crippen LogP contribution in [-0.2, 0) is 23.8 Å². The van der Waals surface area contributed by atoms with E-state index in [0.29, 0.717) is 13.0 Å². The smallest absolute Gasteiger partial charge is 0.326 e. The van der Waals surface area contributed by atoms with Crippen molar-refractivity contribution in [2.45, 2.75) is 33.3 Å². The number of carbonyl (C=O) groups excluding carboxylic acids is 2. The van der Waals surface area contributed by atoms with Crippen molar-refractivity contribution in [2.75, 3.05) is 20.8 Å². The molecule has 0 radical (unpaired) electrons. The van der Waals surface area contributed by atoms with Crippen molar-refractivity contribution in [1.82, 2.24) is 0 Å². The van der Waals surface area contributed by atoms with E-state index in [9.17, 15) is 9.59 Å². The van der Waals surface area contributed by atoms with Crippen molar-refractivity contribution in [2.24, 2.45) is 17.3 Å². The Bertz CT molecular complexity index is 307. The number of methoxy groups -OCH3 is 2. The summed E-state index contributed by atoms with van der Waals surface area (Å²) >= 11 is 0. The summed E-state index contributed by atoms with van der Waals surface area (Å²) in [6.45, 7) is 6.15. The summed E-state index contributed by atoms with van der Waals surface area (Å²) in [7, 11) is 2.57. The predicted molar refractivity (Wildman–Crippen MR) is 64.8 cm³/mol. The maximum absolute atomic E-state index is 12.2. The molecule has 104 valence electrons. The van der Waals surface area contributed by atoms with Gasteiger partial charge < -0.3 is 14.2 Å². The van der Waals surface area contributed by atoms with Crippen molar-refractivity contribution >= 4 is 11.9 Å². The van der Waals surface area contributed by atoms with E-state index in [-0.39, 0.29) is 11.8 Å². The second-order valence-corrected chi connectivity index (χ2v) is 4.96. The van der Waals surface area contributed by atoms with E-state index >= 15 is 0 Å². The van der Waals surface area contributed by atoms with Crippen LogP contribution >= 0.6 is 0 Å². The van der Waals surface area contributed by atoms with E-state index < -0.39 is 23.5 Å². The van der Waals surface area contributed by atoms with Crippen LogP contribution < -0.4 is 0 Å². The second-order valence-electron chi connectivity index (χ2n) is 4.96. The first kappa shape index (κ1) is 15.0. The molecule has 18 heavy (non-hydrogen) atoms. The second kappa shape index (κ2) is 5.69. The highest BCUT2D eigenvalue weighted by Crippen LogP contribution is 2.46. The lowest BCUT2D eigenvalue weighted by Crippen LogP contribution is -2.53. The Morgan fingerprint density at radius 2 is 1.78 bits per heavy atom. The van der Waals surface area contributed by atoms with Gasteiger partial charge in [0.15, 0.2) is 5.41 Å². The van der Waals surface area contributed by atoms with Crippen molar-refractivity contribution in [1.29, 1.82) is 0 Å². The molecule has 1 rings (SSSR count). The van der Waals surface area contributed by atoms with Gasteiger partial charge in [-0.25, -0.2) is 0 Å². The number of hydrogen-bond acceptors (Lipinski definition) is 5. The van der Waals surface area contributed by atoms with Gasteiger partial charge >= 0.3 is 11.9 Å². The van der Waals surface area contributed by atoms with Crippen LogP contribution in [0.1, 0.15) is 27.2 Å². The minimum Gasteiger partial charge on any atom is -0.468 e. The van der Waals surface area contributed by atoms with E-state index in [4.69, 9.17) is 14.2 Å². The van der Waals surface area contributed by atoms with Crippen LogP contribution in [0, 0.1) is 17.3 Å². The van der Waals surface area contributed by atoms with E-state index in [2.05, 4.69) is 0 Å². The monoisotopic (exact) mass is 258 g/mol. The first-order chi connectivity index (χ1) is 8.46. The maximum Gasteiger partial charge on any atom is 0.326 e. The van der Waals surface area contributed by atoms with E-state index in [1.54, 1.807) is 0 Å². The molecule has 0 amide bonds. The summed E-state index contributed by atoms with van der Waals surface area (Å²) in [6.07, 6.45) is 0.162. The number of esters is 2. The molecule has 0 saturated carbocycles. The van der Waals surface area contributed by atoms with Gasteiger partial charge in [-0.15, -0.1) is 0 Å². The molecule has 0 unspecified atom stereocenters. The first-order valence-electron chi connectivity index (χ1n) is 6.25. The highest BCUT2D eigenvalue weighted by atomic mass is 16.6. The van der Waals surface area contributed by atoms with Crippen LogP contribution in [0.4, 0.5) is 0 Å². The van der Waals surface area contributed by atoms with Crippen molar-refractivity contribution in [3.63, 3.8) is 0 Å². The van der Waals surface area contributed by atoms with Gasteiger partial charge in [-0.1, -0.05) is 20.8 Å². The normalized spacial score (nSPS) is 26.1. The summed E-state index contributed by atoms with van der Waals surface area (Å²) in [5, 5.41) is 0. The van der Waals surface area contributed by atoms with E-state index in [1.807, 2.05) is 20.8 Å². The van der Waals surface area contributed by atoms with Gasteiger partial charge in [0.25, 0.3) is 0 Å². The molecular formula is C13H22O5. The van der Waals surface area contributed by atoms with Crippen molar-refractivity contribution < 1.29 is 23.8 Å². The fourth-order valence-corrected chi connectivity index (χ4v) is 2.86. The van der Waals surface area contributed by atoms with Crippen molar-refractivity contribution in [3.05, 3.63) is 0 Å². The SMILES string of the molecule is CC[C@@H]1CO[C@@H](C(C)C)C1(C(=O)OC)C(=O)OC. The zero-order valence-corrected chi connectivity index (χ0v) is 11.7. The third-order valence-electron chi connectivity index (χ3n) is 3.71. The predicted octanol–water partition coefficient (Wildman–Crippen LogP) is 1.40. The molecule has 0 aliphatic carbocycles.